The van der Waals surface area contributed by atoms with Gasteiger partial charge in [-0.05, 0) is 61.1 Å². The highest BCUT2D eigenvalue weighted by Crippen LogP contribution is 2.31. The number of nitrogens with one attached hydrogen (secondary N) is 1. The van der Waals surface area contributed by atoms with Gasteiger partial charge < -0.3 is 15.8 Å². The van der Waals surface area contributed by atoms with Crippen LogP contribution in [0.3, 0.4) is 0 Å². The van der Waals surface area contributed by atoms with Crippen LogP contribution in [0.15, 0.2) is 24.3 Å². The van der Waals surface area contributed by atoms with Crippen molar-refractivity contribution < 1.29 is 9.53 Å². The van der Waals surface area contributed by atoms with Gasteiger partial charge in [0.25, 0.3) is 0 Å². The molecule has 2 fully saturated rings. The fourth-order valence-corrected chi connectivity index (χ4v) is 3.95. The fourth-order valence-electron chi connectivity index (χ4n) is 3.95. The first-order valence-corrected chi connectivity index (χ1v) is 9.37. The van der Waals surface area contributed by atoms with Crippen molar-refractivity contribution in [1.29, 1.82) is 0 Å². The van der Waals surface area contributed by atoms with Gasteiger partial charge in [0.1, 0.15) is 0 Å². The maximum atomic E-state index is 12.4. The van der Waals surface area contributed by atoms with Gasteiger partial charge in [-0.2, -0.15) is 0 Å². The molecule has 140 valence electrons. The number of anilines is 1. The molecule has 1 atom stereocenters. The topological polar surface area (TPSA) is 64.4 Å². The van der Waals surface area contributed by atoms with Crippen molar-refractivity contribution in [2.45, 2.75) is 57.4 Å². The summed E-state index contributed by atoms with van der Waals surface area (Å²) < 4.78 is 5.42. The summed E-state index contributed by atoms with van der Waals surface area (Å²) in [4.78, 5) is 12.4. The van der Waals surface area contributed by atoms with Gasteiger partial charge in [-0.1, -0.05) is 31.9 Å². The van der Waals surface area contributed by atoms with Crippen molar-refractivity contribution in [1.82, 2.24) is 0 Å². The third-order valence-electron chi connectivity index (χ3n) is 5.74. The molecule has 1 unspecified atom stereocenters. The number of nitrogens with two attached hydrogens (primary N) is 1. The minimum atomic E-state index is -0.396. The summed E-state index contributed by atoms with van der Waals surface area (Å²) in [5.41, 5.74) is 8.38. The fraction of sp³-hybridized carbons (Fsp3) is 0.650. The quantitative estimate of drug-likeness (QED) is 0.843. The largest absolute Gasteiger partial charge is 0.381 e. The lowest BCUT2D eigenvalue weighted by molar-refractivity contribution is -0.118. The molecule has 3 N–H and O–H groups in total. The summed E-state index contributed by atoms with van der Waals surface area (Å²) in [6.45, 7) is 3.97. The zero-order valence-electron chi connectivity index (χ0n) is 15.1. The van der Waals surface area contributed by atoms with Crippen molar-refractivity contribution in [3.05, 3.63) is 29.8 Å². The molecule has 25 heavy (non-hydrogen) atoms. The number of carbonyl (C=O) groups excluding carboxylic acids is 1. The van der Waals surface area contributed by atoms with Gasteiger partial charge in [0.05, 0.1) is 6.04 Å². The number of rotatable bonds is 4. The Labute approximate surface area is 157 Å². The Morgan fingerprint density at radius 1 is 1.08 bits per heavy atom. The molecule has 1 aliphatic carbocycles. The van der Waals surface area contributed by atoms with E-state index in [1.165, 1.54) is 18.4 Å². The average Bonchev–Trinajstić information content (AvgIpc) is 2.63. The van der Waals surface area contributed by atoms with Crippen LogP contribution in [-0.2, 0) is 9.53 Å². The zero-order valence-corrected chi connectivity index (χ0v) is 15.9. The van der Waals surface area contributed by atoms with Crippen LogP contribution in [-0.4, -0.2) is 25.2 Å². The summed E-state index contributed by atoms with van der Waals surface area (Å²) in [5.74, 6) is 1.63. The molecule has 5 heteroatoms. The first-order valence-electron chi connectivity index (χ1n) is 9.37. The van der Waals surface area contributed by atoms with Gasteiger partial charge in [0.15, 0.2) is 0 Å². The van der Waals surface area contributed by atoms with Gasteiger partial charge in [-0.3, -0.25) is 4.79 Å². The molecular formula is C20H31ClN2O2. The lowest BCUT2D eigenvalue weighted by Gasteiger charge is -2.29. The van der Waals surface area contributed by atoms with Crippen molar-refractivity contribution in [3.8, 4) is 0 Å². The molecule has 1 aromatic carbocycles. The van der Waals surface area contributed by atoms with Gasteiger partial charge in [-0.15, -0.1) is 12.4 Å². The first-order chi connectivity index (χ1) is 11.6. The summed E-state index contributed by atoms with van der Waals surface area (Å²) in [7, 11) is 0. The first kappa shape index (κ1) is 20.2. The molecule has 0 bridgehead atoms. The van der Waals surface area contributed by atoms with Crippen LogP contribution in [0, 0.1) is 11.8 Å². The molecule has 2 aliphatic rings. The molecule has 3 rings (SSSR count). The van der Waals surface area contributed by atoms with Crippen LogP contribution < -0.4 is 11.1 Å². The van der Waals surface area contributed by atoms with Gasteiger partial charge in [-0.25, -0.2) is 0 Å². The molecular weight excluding hydrogens is 336 g/mol. The maximum Gasteiger partial charge on any atom is 0.241 e. The van der Waals surface area contributed by atoms with Crippen LogP contribution in [0.1, 0.15) is 56.9 Å². The van der Waals surface area contributed by atoms with E-state index in [4.69, 9.17) is 10.5 Å². The van der Waals surface area contributed by atoms with E-state index in [0.717, 1.165) is 50.5 Å². The third kappa shape index (κ3) is 5.44. The van der Waals surface area contributed by atoms with Crippen molar-refractivity contribution >= 4 is 24.0 Å². The lowest BCUT2D eigenvalue weighted by atomic mass is 9.79. The lowest BCUT2D eigenvalue weighted by Crippen LogP contribution is -2.43. The molecule has 1 saturated heterocycles. The minimum Gasteiger partial charge on any atom is -0.381 e. The molecule has 1 heterocycles. The zero-order chi connectivity index (χ0) is 16.9. The number of hydrogen-bond acceptors (Lipinski definition) is 3. The number of benzene rings is 1. The van der Waals surface area contributed by atoms with Crippen LogP contribution in [0.4, 0.5) is 5.69 Å². The summed E-state index contributed by atoms with van der Waals surface area (Å²) in [6.07, 6.45) is 6.67. The standard InChI is InChI=1S/C20H30N2O2.ClH/c1-14-2-4-17(5-3-14)19(21)20(23)22-18-8-6-15(7-9-18)16-10-12-24-13-11-16;/h6-9,14,16-17,19H,2-5,10-13,21H2,1H3,(H,22,23);1H. The van der Waals surface area contributed by atoms with E-state index in [2.05, 4.69) is 24.4 Å². The van der Waals surface area contributed by atoms with E-state index in [9.17, 15) is 4.79 Å². The number of amides is 1. The average molecular weight is 367 g/mol. The van der Waals surface area contributed by atoms with Crippen LogP contribution in [0.2, 0.25) is 0 Å². The number of hydrogen-bond donors (Lipinski definition) is 2. The predicted octanol–water partition coefficient (Wildman–Crippen LogP) is 4.09. The Balaban J connectivity index is 0.00000225. The van der Waals surface area contributed by atoms with Gasteiger partial charge in [0, 0.05) is 18.9 Å². The number of halogens is 1. The minimum absolute atomic E-state index is 0. The highest BCUT2D eigenvalue weighted by atomic mass is 35.5. The van der Waals surface area contributed by atoms with Crippen molar-refractivity contribution in [2.24, 2.45) is 17.6 Å². The van der Waals surface area contributed by atoms with E-state index in [1.54, 1.807) is 0 Å². The maximum absolute atomic E-state index is 12.4. The van der Waals surface area contributed by atoms with E-state index in [0.29, 0.717) is 11.8 Å². The van der Waals surface area contributed by atoms with E-state index in [-0.39, 0.29) is 18.3 Å². The highest BCUT2D eigenvalue weighted by molar-refractivity contribution is 5.94. The SMILES string of the molecule is CC1CCC(C(N)C(=O)Nc2ccc(C3CCOCC3)cc2)CC1.Cl. The number of ether oxygens (including phenoxy) is 1. The highest BCUT2D eigenvalue weighted by Gasteiger charge is 2.28. The Bertz CT molecular complexity index is 535. The van der Waals surface area contributed by atoms with Crippen molar-refractivity contribution in [3.63, 3.8) is 0 Å². The Kier molecular flexibility index (Phi) is 7.73. The van der Waals surface area contributed by atoms with E-state index < -0.39 is 6.04 Å². The monoisotopic (exact) mass is 366 g/mol. The molecule has 4 nitrogen and oxygen atoms in total. The van der Waals surface area contributed by atoms with Crippen LogP contribution in [0.5, 0.6) is 0 Å². The molecule has 1 amide bonds. The summed E-state index contributed by atoms with van der Waals surface area (Å²) >= 11 is 0. The molecule has 1 aromatic rings. The predicted molar refractivity (Wildman–Crippen MR) is 104 cm³/mol. The molecule has 0 aromatic heterocycles. The Morgan fingerprint density at radius 2 is 1.68 bits per heavy atom. The molecule has 1 aliphatic heterocycles. The molecule has 1 saturated carbocycles. The summed E-state index contributed by atoms with van der Waals surface area (Å²) in [6, 6.07) is 7.85. The second-order valence-corrected chi connectivity index (χ2v) is 7.54. The van der Waals surface area contributed by atoms with Crippen molar-refractivity contribution in [2.75, 3.05) is 18.5 Å². The van der Waals surface area contributed by atoms with Gasteiger partial charge in [0.2, 0.25) is 5.91 Å². The van der Waals surface area contributed by atoms with Crippen LogP contribution in [0.25, 0.3) is 0 Å². The normalized spacial score (nSPS) is 25.7. The Hall–Kier alpha value is -1.10. The second kappa shape index (κ2) is 9.56. The molecule has 0 spiro atoms. The smallest absolute Gasteiger partial charge is 0.241 e. The third-order valence-corrected chi connectivity index (χ3v) is 5.74. The van der Waals surface area contributed by atoms with E-state index >= 15 is 0 Å². The van der Waals surface area contributed by atoms with Gasteiger partial charge >= 0.3 is 0 Å². The molecule has 0 radical (unpaired) electrons. The second-order valence-electron chi connectivity index (χ2n) is 7.54. The van der Waals surface area contributed by atoms with Crippen LogP contribution >= 0.6 is 12.4 Å². The Morgan fingerprint density at radius 3 is 2.28 bits per heavy atom. The summed E-state index contributed by atoms with van der Waals surface area (Å²) in [5, 5.41) is 2.99. The number of carbonyl (C=O) groups is 1. The van der Waals surface area contributed by atoms with E-state index in [1.807, 2.05) is 12.1 Å².